The molecule has 2 aromatic rings. The summed E-state index contributed by atoms with van der Waals surface area (Å²) in [6.45, 7) is 4.05. The number of ether oxygens (including phenoxy) is 1. The van der Waals surface area contributed by atoms with Crippen LogP contribution in [0.2, 0.25) is 0 Å². The molecular formula is C23H31N3O4S. The fourth-order valence-corrected chi connectivity index (χ4v) is 4.09. The Balaban J connectivity index is 1.49. The number of sulfonamides is 1. The van der Waals surface area contributed by atoms with Gasteiger partial charge in [0.05, 0.1) is 18.0 Å². The van der Waals surface area contributed by atoms with Gasteiger partial charge in [-0.2, -0.15) is 0 Å². The van der Waals surface area contributed by atoms with Gasteiger partial charge in [-0.25, -0.2) is 8.42 Å². The molecule has 31 heavy (non-hydrogen) atoms. The number of piperidine rings is 1. The number of carbonyl (C=O) groups excluding carboxylic acids is 1. The van der Waals surface area contributed by atoms with Crippen molar-refractivity contribution in [3.8, 4) is 5.75 Å². The molecule has 0 bridgehead atoms. The van der Waals surface area contributed by atoms with Gasteiger partial charge in [-0.05, 0) is 68.1 Å². The van der Waals surface area contributed by atoms with Crippen LogP contribution in [0.25, 0.3) is 0 Å². The third-order valence-corrected chi connectivity index (χ3v) is 6.77. The van der Waals surface area contributed by atoms with Crippen LogP contribution in [-0.4, -0.2) is 47.3 Å². The first kappa shape index (κ1) is 22.9. The van der Waals surface area contributed by atoms with E-state index in [0.717, 1.165) is 24.9 Å². The van der Waals surface area contributed by atoms with E-state index in [1.165, 1.54) is 36.3 Å². The standard InChI is InChI=1S/C23H31N3O4S/c1-18(19-7-9-21(10-8-19)26-15-5-4-6-16-26)24-23(27)17-30-22-13-11-20(12-14-22)25(2)31(3,28)29/h7-14,18H,4-6,15-17H2,1-3H3,(H,24,27). The Morgan fingerprint density at radius 2 is 1.68 bits per heavy atom. The summed E-state index contributed by atoms with van der Waals surface area (Å²) in [5, 5.41) is 2.95. The molecule has 0 aromatic heterocycles. The number of rotatable bonds is 8. The summed E-state index contributed by atoms with van der Waals surface area (Å²) < 4.78 is 29.9. The smallest absolute Gasteiger partial charge is 0.258 e. The maximum Gasteiger partial charge on any atom is 0.258 e. The topological polar surface area (TPSA) is 79.0 Å². The van der Waals surface area contributed by atoms with E-state index in [1.54, 1.807) is 24.3 Å². The van der Waals surface area contributed by atoms with Crippen molar-refractivity contribution in [1.82, 2.24) is 5.32 Å². The van der Waals surface area contributed by atoms with Gasteiger partial charge < -0.3 is 15.0 Å². The van der Waals surface area contributed by atoms with E-state index >= 15 is 0 Å². The molecule has 0 saturated carbocycles. The molecule has 0 aliphatic carbocycles. The number of nitrogens with zero attached hydrogens (tertiary/aromatic N) is 2. The first-order chi connectivity index (χ1) is 14.7. The molecule has 3 rings (SSSR count). The minimum atomic E-state index is -3.32. The monoisotopic (exact) mass is 445 g/mol. The second-order valence-electron chi connectivity index (χ2n) is 7.94. The lowest BCUT2D eigenvalue weighted by molar-refractivity contribution is -0.123. The fourth-order valence-electron chi connectivity index (χ4n) is 3.59. The van der Waals surface area contributed by atoms with E-state index in [2.05, 4.69) is 34.5 Å². The highest BCUT2D eigenvalue weighted by molar-refractivity contribution is 7.92. The first-order valence-electron chi connectivity index (χ1n) is 10.5. The van der Waals surface area contributed by atoms with Crippen LogP contribution in [0, 0.1) is 0 Å². The Morgan fingerprint density at radius 1 is 1.06 bits per heavy atom. The van der Waals surface area contributed by atoms with Crippen molar-refractivity contribution in [2.75, 3.05) is 42.2 Å². The van der Waals surface area contributed by atoms with Gasteiger partial charge in [-0.3, -0.25) is 9.10 Å². The van der Waals surface area contributed by atoms with Gasteiger partial charge in [-0.1, -0.05) is 12.1 Å². The predicted octanol–water partition coefficient (Wildman–Crippen LogP) is 3.33. The highest BCUT2D eigenvalue weighted by atomic mass is 32.2. The first-order valence-corrected chi connectivity index (χ1v) is 12.4. The van der Waals surface area contributed by atoms with Crippen molar-refractivity contribution in [2.45, 2.75) is 32.2 Å². The van der Waals surface area contributed by atoms with Crippen molar-refractivity contribution in [2.24, 2.45) is 0 Å². The van der Waals surface area contributed by atoms with Crippen LogP contribution in [0.3, 0.4) is 0 Å². The van der Waals surface area contributed by atoms with Crippen molar-refractivity contribution in [3.63, 3.8) is 0 Å². The normalized spacial score (nSPS) is 15.3. The molecule has 1 N–H and O–H groups in total. The summed E-state index contributed by atoms with van der Waals surface area (Å²) >= 11 is 0. The summed E-state index contributed by atoms with van der Waals surface area (Å²) in [5.74, 6) is 0.282. The lowest BCUT2D eigenvalue weighted by Crippen LogP contribution is -2.31. The van der Waals surface area contributed by atoms with E-state index in [0.29, 0.717) is 11.4 Å². The van der Waals surface area contributed by atoms with Gasteiger partial charge in [-0.15, -0.1) is 0 Å². The average Bonchev–Trinajstić information content (AvgIpc) is 2.77. The summed E-state index contributed by atoms with van der Waals surface area (Å²) in [6.07, 6.45) is 4.93. The van der Waals surface area contributed by atoms with Gasteiger partial charge in [0.1, 0.15) is 5.75 Å². The molecule has 1 amide bonds. The predicted molar refractivity (Wildman–Crippen MR) is 124 cm³/mol. The molecule has 8 heteroatoms. The zero-order valence-corrected chi connectivity index (χ0v) is 19.2. The van der Waals surface area contributed by atoms with E-state index in [1.807, 2.05) is 6.92 Å². The number of hydrogen-bond acceptors (Lipinski definition) is 5. The van der Waals surface area contributed by atoms with Gasteiger partial charge >= 0.3 is 0 Å². The molecule has 168 valence electrons. The number of anilines is 2. The fraction of sp³-hybridized carbons (Fsp3) is 0.435. The number of benzene rings is 2. The molecule has 7 nitrogen and oxygen atoms in total. The molecule has 2 aromatic carbocycles. The Bertz CT molecular complexity index is 969. The number of nitrogens with one attached hydrogen (secondary N) is 1. The highest BCUT2D eigenvalue weighted by Gasteiger charge is 2.14. The molecule has 1 aliphatic heterocycles. The Labute approximate surface area is 185 Å². The van der Waals surface area contributed by atoms with Crippen molar-refractivity contribution >= 4 is 27.3 Å². The number of carbonyl (C=O) groups is 1. The summed E-state index contributed by atoms with van der Waals surface area (Å²) in [5.41, 5.74) is 2.80. The molecule has 1 fully saturated rings. The zero-order chi connectivity index (χ0) is 22.4. The highest BCUT2D eigenvalue weighted by Crippen LogP contribution is 2.23. The number of amides is 1. The van der Waals surface area contributed by atoms with Gasteiger partial charge in [0.25, 0.3) is 5.91 Å². The number of hydrogen-bond donors (Lipinski definition) is 1. The molecule has 1 unspecified atom stereocenters. The van der Waals surface area contributed by atoms with Crippen LogP contribution < -0.4 is 19.3 Å². The largest absolute Gasteiger partial charge is 0.484 e. The summed E-state index contributed by atoms with van der Waals surface area (Å²) in [7, 11) is -1.83. The molecule has 1 aliphatic rings. The third kappa shape index (κ3) is 6.37. The quantitative estimate of drug-likeness (QED) is 0.674. The summed E-state index contributed by atoms with van der Waals surface area (Å²) in [4.78, 5) is 14.7. The minimum absolute atomic E-state index is 0.114. The van der Waals surface area contributed by atoms with Gasteiger partial charge in [0.15, 0.2) is 6.61 Å². The van der Waals surface area contributed by atoms with Gasteiger partial charge in [0.2, 0.25) is 10.0 Å². The van der Waals surface area contributed by atoms with Crippen molar-refractivity contribution in [3.05, 3.63) is 54.1 Å². The van der Waals surface area contributed by atoms with Crippen LogP contribution in [-0.2, 0) is 14.8 Å². The van der Waals surface area contributed by atoms with Crippen LogP contribution in [0.15, 0.2) is 48.5 Å². The third-order valence-electron chi connectivity index (χ3n) is 5.56. The van der Waals surface area contributed by atoms with E-state index in [9.17, 15) is 13.2 Å². The Hall–Kier alpha value is -2.74. The molecule has 1 saturated heterocycles. The Kier molecular flexibility index (Phi) is 7.43. The van der Waals surface area contributed by atoms with Crippen LogP contribution >= 0.6 is 0 Å². The molecule has 0 radical (unpaired) electrons. The van der Waals surface area contributed by atoms with E-state index in [-0.39, 0.29) is 18.6 Å². The lowest BCUT2D eigenvalue weighted by Gasteiger charge is -2.29. The lowest BCUT2D eigenvalue weighted by atomic mass is 10.1. The van der Waals surface area contributed by atoms with E-state index < -0.39 is 10.0 Å². The molecule has 1 heterocycles. The molecular weight excluding hydrogens is 414 g/mol. The SMILES string of the molecule is CC(NC(=O)COc1ccc(N(C)S(C)(=O)=O)cc1)c1ccc(N2CCCCC2)cc1. The van der Waals surface area contributed by atoms with Crippen LogP contribution in [0.5, 0.6) is 5.75 Å². The molecule has 0 spiro atoms. The van der Waals surface area contributed by atoms with Crippen LogP contribution in [0.1, 0.15) is 37.8 Å². The maximum atomic E-state index is 12.3. The van der Waals surface area contributed by atoms with Crippen molar-refractivity contribution in [1.29, 1.82) is 0 Å². The Morgan fingerprint density at radius 3 is 2.26 bits per heavy atom. The maximum absolute atomic E-state index is 12.3. The van der Waals surface area contributed by atoms with E-state index in [4.69, 9.17) is 4.74 Å². The zero-order valence-electron chi connectivity index (χ0n) is 18.4. The van der Waals surface area contributed by atoms with Gasteiger partial charge in [0, 0.05) is 25.8 Å². The average molecular weight is 446 g/mol. The second kappa shape index (κ2) is 10.0. The molecule has 1 atom stereocenters. The minimum Gasteiger partial charge on any atom is -0.484 e. The van der Waals surface area contributed by atoms with Crippen molar-refractivity contribution < 1.29 is 17.9 Å². The summed E-state index contributed by atoms with van der Waals surface area (Å²) in [6, 6.07) is 14.8. The second-order valence-corrected chi connectivity index (χ2v) is 9.96. The van der Waals surface area contributed by atoms with Crippen LogP contribution in [0.4, 0.5) is 11.4 Å².